The van der Waals surface area contributed by atoms with Crippen LogP contribution in [0.15, 0.2) is 30.3 Å². The van der Waals surface area contributed by atoms with Crippen molar-refractivity contribution in [2.24, 2.45) is 5.92 Å². The van der Waals surface area contributed by atoms with Crippen LogP contribution in [-0.2, 0) is 4.79 Å². The van der Waals surface area contributed by atoms with Gasteiger partial charge in [-0.25, -0.2) is 5.06 Å². The summed E-state index contributed by atoms with van der Waals surface area (Å²) in [5.74, 6) is -0.619. The maximum absolute atomic E-state index is 11.6. The summed E-state index contributed by atoms with van der Waals surface area (Å²) in [6.07, 6.45) is 0.398. The second kappa shape index (κ2) is 4.63. The predicted octanol–water partition coefficient (Wildman–Crippen LogP) is 1.00. The Bertz CT molecular complexity index is 366. The van der Waals surface area contributed by atoms with Crippen LogP contribution in [0, 0.1) is 5.92 Å². The highest BCUT2D eigenvalue weighted by Crippen LogP contribution is 2.34. The maximum Gasteiger partial charge on any atom is 0.249 e. The molecule has 0 aromatic heterocycles. The van der Waals surface area contributed by atoms with Crippen molar-refractivity contribution in [1.82, 2.24) is 5.06 Å². The molecule has 16 heavy (non-hydrogen) atoms. The Kier molecular flexibility index (Phi) is 3.22. The topological polar surface area (TPSA) is 60.8 Å². The number of carbonyl (C=O) groups is 1. The van der Waals surface area contributed by atoms with Crippen molar-refractivity contribution in [3.63, 3.8) is 0 Å². The summed E-state index contributed by atoms with van der Waals surface area (Å²) in [6.45, 7) is 0.279. The second-order valence-corrected chi connectivity index (χ2v) is 4.06. The summed E-state index contributed by atoms with van der Waals surface area (Å²) < 4.78 is 0. The van der Waals surface area contributed by atoms with Gasteiger partial charge in [-0.2, -0.15) is 0 Å². The van der Waals surface area contributed by atoms with E-state index < -0.39 is 0 Å². The Balaban J connectivity index is 2.23. The van der Waals surface area contributed by atoms with Gasteiger partial charge in [-0.3, -0.25) is 10.0 Å². The highest BCUT2D eigenvalue weighted by molar-refractivity contribution is 5.81. The molecule has 4 nitrogen and oxygen atoms in total. The highest BCUT2D eigenvalue weighted by atomic mass is 16.5. The van der Waals surface area contributed by atoms with Crippen LogP contribution in [0.3, 0.4) is 0 Å². The van der Waals surface area contributed by atoms with Crippen molar-refractivity contribution >= 4 is 5.91 Å². The molecule has 1 saturated heterocycles. The van der Waals surface area contributed by atoms with Gasteiger partial charge in [0.2, 0.25) is 5.91 Å². The molecule has 1 fully saturated rings. The predicted molar refractivity (Wildman–Crippen MR) is 57.9 cm³/mol. The molecule has 2 rings (SSSR count). The number of nitrogens with zero attached hydrogens (tertiary/aromatic N) is 1. The van der Waals surface area contributed by atoms with Gasteiger partial charge in [-0.15, -0.1) is 0 Å². The lowest BCUT2D eigenvalue weighted by Gasteiger charge is -2.15. The van der Waals surface area contributed by atoms with Crippen molar-refractivity contribution in [1.29, 1.82) is 0 Å². The molecular formula is C12H15NO3. The molecule has 0 saturated carbocycles. The van der Waals surface area contributed by atoms with Gasteiger partial charge in [0.05, 0.1) is 12.5 Å². The Morgan fingerprint density at radius 2 is 2.00 bits per heavy atom. The Morgan fingerprint density at radius 1 is 1.31 bits per heavy atom. The molecule has 0 aliphatic carbocycles. The van der Waals surface area contributed by atoms with Crippen molar-refractivity contribution in [2.75, 3.05) is 13.2 Å². The number of amides is 1. The number of hydrogen-bond acceptors (Lipinski definition) is 3. The molecule has 1 heterocycles. The first kappa shape index (κ1) is 11.1. The van der Waals surface area contributed by atoms with Crippen molar-refractivity contribution in [3.8, 4) is 0 Å². The monoisotopic (exact) mass is 221 g/mol. The number of benzene rings is 1. The zero-order chi connectivity index (χ0) is 11.5. The van der Waals surface area contributed by atoms with Crippen LogP contribution in [0.2, 0.25) is 0 Å². The summed E-state index contributed by atoms with van der Waals surface area (Å²) in [6, 6.07) is 9.63. The van der Waals surface area contributed by atoms with Crippen LogP contribution in [0.4, 0.5) is 0 Å². The molecule has 1 aliphatic rings. The summed E-state index contributed by atoms with van der Waals surface area (Å²) >= 11 is 0. The van der Waals surface area contributed by atoms with Gasteiger partial charge in [-0.1, -0.05) is 30.3 Å². The largest absolute Gasteiger partial charge is 0.396 e. The quantitative estimate of drug-likeness (QED) is 0.748. The minimum Gasteiger partial charge on any atom is -0.396 e. The molecule has 0 unspecified atom stereocenters. The zero-order valence-electron chi connectivity index (χ0n) is 8.91. The average molecular weight is 221 g/mol. The van der Waals surface area contributed by atoms with E-state index in [2.05, 4.69) is 0 Å². The van der Waals surface area contributed by atoms with Crippen molar-refractivity contribution in [2.45, 2.75) is 12.3 Å². The number of aliphatic hydroxyl groups is 1. The summed E-state index contributed by atoms with van der Waals surface area (Å²) in [4.78, 5) is 11.6. The number of hydrogen-bond donors (Lipinski definition) is 2. The van der Waals surface area contributed by atoms with Crippen LogP contribution in [0.25, 0.3) is 0 Å². The van der Waals surface area contributed by atoms with Gasteiger partial charge in [0.25, 0.3) is 0 Å². The minimum absolute atomic E-state index is 0.0224. The van der Waals surface area contributed by atoms with Gasteiger partial charge in [0.1, 0.15) is 0 Å². The summed E-state index contributed by atoms with van der Waals surface area (Å²) in [5, 5.41) is 19.1. The molecule has 2 atom stereocenters. The Hall–Kier alpha value is -1.39. The van der Waals surface area contributed by atoms with E-state index in [1.807, 2.05) is 30.3 Å². The standard InChI is InChI=1S/C12H15NO3/c14-7-6-10-11(8-13(16)12(10)15)9-4-2-1-3-5-9/h1-5,10-11,14,16H,6-8H2/t10-,11+/m1/s1. The number of rotatable bonds is 3. The Morgan fingerprint density at radius 3 is 2.62 bits per heavy atom. The third kappa shape index (κ3) is 1.94. The highest BCUT2D eigenvalue weighted by Gasteiger charge is 2.40. The molecule has 0 bridgehead atoms. The fourth-order valence-corrected chi connectivity index (χ4v) is 2.27. The molecule has 1 aliphatic heterocycles. The van der Waals surface area contributed by atoms with Crippen molar-refractivity contribution < 1.29 is 15.1 Å². The molecule has 0 radical (unpaired) electrons. The normalized spacial score (nSPS) is 25.1. The van der Waals surface area contributed by atoms with Gasteiger partial charge in [-0.05, 0) is 12.0 Å². The molecule has 1 aromatic carbocycles. The van der Waals surface area contributed by atoms with Crippen LogP contribution >= 0.6 is 0 Å². The first-order valence-electron chi connectivity index (χ1n) is 5.40. The summed E-state index contributed by atoms with van der Waals surface area (Å²) in [7, 11) is 0. The van der Waals surface area contributed by atoms with Crippen LogP contribution < -0.4 is 0 Å². The van der Waals surface area contributed by atoms with E-state index in [0.29, 0.717) is 13.0 Å². The van der Waals surface area contributed by atoms with E-state index in [4.69, 9.17) is 5.11 Å². The molecule has 1 aromatic rings. The minimum atomic E-state index is -0.308. The molecule has 2 N–H and O–H groups in total. The second-order valence-electron chi connectivity index (χ2n) is 4.06. The van der Waals surface area contributed by atoms with Crippen LogP contribution in [-0.4, -0.2) is 34.4 Å². The Labute approximate surface area is 94.1 Å². The van der Waals surface area contributed by atoms with Gasteiger partial charge >= 0.3 is 0 Å². The number of carbonyl (C=O) groups excluding carboxylic acids is 1. The van der Waals surface area contributed by atoms with Crippen LogP contribution in [0.5, 0.6) is 0 Å². The van der Waals surface area contributed by atoms with E-state index in [1.165, 1.54) is 0 Å². The van der Waals surface area contributed by atoms with Gasteiger partial charge < -0.3 is 5.11 Å². The first-order chi connectivity index (χ1) is 7.74. The smallest absolute Gasteiger partial charge is 0.249 e. The SMILES string of the molecule is O=C1[C@H](CCO)[C@H](c2ccccc2)CN1O. The van der Waals surface area contributed by atoms with E-state index in [0.717, 1.165) is 10.6 Å². The fourth-order valence-electron chi connectivity index (χ4n) is 2.27. The lowest BCUT2D eigenvalue weighted by Crippen LogP contribution is -2.23. The maximum atomic E-state index is 11.6. The molecule has 0 spiro atoms. The number of hydroxylamine groups is 2. The third-order valence-electron chi connectivity index (χ3n) is 3.09. The van der Waals surface area contributed by atoms with Gasteiger partial charge in [0.15, 0.2) is 0 Å². The van der Waals surface area contributed by atoms with E-state index in [9.17, 15) is 10.0 Å². The zero-order valence-corrected chi connectivity index (χ0v) is 8.91. The lowest BCUT2D eigenvalue weighted by atomic mass is 9.87. The molecule has 4 heteroatoms. The fraction of sp³-hybridized carbons (Fsp3) is 0.417. The van der Waals surface area contributed by atoms with Gasteiger partial charge in [0, 0.05) is 12.5 Å². The molecule has 86 valence electrons. The first-order valence-corrected chi connectivity index (χ1v) is 5.40. The van der Waals surface area contributed by atoms with Crippen LogP contribution in [0.1, 0.15) is 17.9 Å². The molecular weight excluding hydrogens is 206 g/mol. The van der Waals surface area contributed by atoms with E-state index >= 15 is 0 Å². The van der Waals surface area contributed by atoms with E-state index in [1.54, 1.807) is 0 Å². The number of aliphatic hydroxyl groups excluding tert-OH is 1. The average Bonchev–Trinajstić information content (AvgIpc) is 2.59. The summed E-state index contributed by atoms with van der Waals surface area (Å²) in [5.41, 5.74) is 1.03. The molecule has 1 amide bonds. The third-order valence-corrected chi connectivity index (χ3v) is 3.09. The van der Waals surface area contributed by atoms with E-state index in [-0.39, 0.29) is 24.3 Å². The lowest BCUT2D eigenvalue weighted by molar-refractivity contribution is -0.160. The van der Waals surface area contributed by atoms with Crippen molar-refractivity contribution in [3.05, 3.63) is 35.9 Å².